The number of unbranched alkanes of at least 4 members (excludes halogenated alkanes) is 4. The molecule has 0 rings (SSSR count). The highest BCUT2D eigenvalue weighted by Crippen LogP contribution is 2.14. The van der Waals surface area contributed by atoms with Crippen molar-refractivity contribution < 1.29 is 14.7 Å². The minimum Gasteiger partial charge on any atom is -0.465 e. The second-order valence-corrected chi connectivity index (χ2v) is 6.78. The molecule has 2 N–H and O–H groups in total. The van der Waals surface area contributed by atoms with E-state index in [-0.39, 0.29) is 5.91 Å². The van der Waals surface area contributed by atoms with E-state index in [1.165, 1.54) is 4.90 Å². The third-order valence-electron chi connectivity index (χ3n) is 3.65. The summed E-state index contributed by atoms with van der Waals surface area (Å²) in [6, 6.07) is 0. The average Bonchev–Trinajstić information content (AvgIpc) is 2.48. The fraction of sp³-hybridized carbons (Fsp3) is 0.875. The summed E-state index contributed by atoms with van der Waals surface area (Å²) in [5.41, 5.74) is 7.74. The molecule has 8 nitrogen and oxygen atoms in total. The van der Waals surface area contributed by atoms with Crippen molar-refractivity contribution in [1.82, 2.24) is 10.2 Å². The third kappa shape index (κ3) is 11.6. The van der Waals surface area contributed by atoms with Crippen LogP contribution in [0.5, 0.6) is 0 Å². The number of hydrogen-bond donors (Lipinski definition) is 2. The van der Waals surface area contributed by atoms with Gasteiger partial charge in [-0.3, -0.25) is 4.79 Å². The van der Waals surface area contributed by atoms with Gasteiger partial charge in [-0.2, -0.15) is 0 Å². The average molecular weight is 341 g/mol. The summed E-state index contributed by atoms with van der Waals surface area (Å²) in [6.07, 6.45) is 4.61. The summed E-state index contributed by atoms with van der Waals surface area (Å²) >= 11 is 0. The van der Waals surface area contributed by atoms with E-state index in [0.717, 1.165) is 38.5 Å². The standard InChI is InChI=1S/C16H31N5O3/c1-16(2,3)21(15(23)24)13-9-5-7-11-18-14(22)10-6-4-8-12-19-20-17/h4-13H2,1-3H3,(H,18,22)(H,23,24). The summed E-state index contributed by atoms with van der Waals surface area (Å²) in [4.78, 5) is 26.9. The summed E-state index contributed by atoms with van der Waals surface area (Å²) in [7, 11) is 0. The first kappa shape index (κ1) is 22.1. The molecule has 0 heterocycles. The maximum absolute atomic E-state index is 11.6. The minimum atomic E-state index is -0.892. The molecule has 138 valence electrons. The van der Waals surface area contributed by atoms with Crippen molar-refractivity contribution in [2.75, 3.05) is 19.6 Å². The van der Waals surface area contributed by atoms with Gasteiger partial charge in [0.05, 0.1) is 0 Å². The molecule has 0 aromatic heterocycles. The van der Waals surface area contributed by atoms with Crippen LogP contribution in [-0.2, 0) is 4.79 Å². The number of nitrogens with zero attached hydrogens (tertiary/aromatic N) is 4. The van der Waals surface area contributed by atoms with Crippen LogP contribution in [0.2, 0.25) is 0 Å². The summed E-state index contributed by atoms with van der Waals surface area (Å²) in [5, 5.41) is 15.5. The summed E-state index contributed by atoms with van der Waals surface area (Å²) in [5.74, 6) is 0.0423. The zero-order valence-electron chi connectivity index (χ0n) is 15.1. The van der Waals surface area contributed by atoms with Crippen LogP contribution in [0.4, 0.5) is 4.79 Å². The third-order valence-corrected chi connectivity index (χ3v) is 3.65. The number of nitrogens with one attached hydrogen (secondary N) is 1. The normalized spacial score (nSPS) is 10.8. The molecule has 0 fully saturated rings. The zero-order chi connectivity index (χ0) is 18.4. The van der Waals surface area contributed by atoms with E-state index in [1.54, 1.807) is 0 Å². The monoisotopic (exact) mass is 341 g/mol. The van der Waals surface area contributed by atoms with Gasteiger partial charge >= 0.3 is 6.09 Å². The van der Waals surface area contributed by atoms with Crippen molar-refractivity contribution in [1.29, 1.82) is 0 Å². The molecule has 24 heavy (non-hydrogen) atoms. The van der Waals surface area contributed by atoms with Crippen molar-refractivity contribution in [2.24, 2.45) is 5.11 Å². The van der Waals surface area contributed by atoms with Gasteiger partial charge in [-0.15, -0.1) is 0 Å². The summed E-state index contributed by atoms with van der Waals surface area (Å²) < 4.78 is 0. The van der Waals surface area contributed by atoms with Gasteiger partial charge in [-0.25, -0.2) is 4.79 Å². The molecule has 0 aliphatic carbocycles. The largest absolute Gasteiger partial charge is 0.465 e. The van der Waals surface area contributed by atoms with Crippen LogP contribution < -0.4 is 5.32 Å². The van der Waals surface area contributed by atoms with E-state index in [0.29, 0.717) is 26.1 Å². The predicted molar refractivity (Wildman–Crippen MR) is 93.8 cm³/mol. The number of amides is 2. The SMILES string of the molecule is CC(C)(C)N(CCCCCNC(=O)CCCCCN=[N+]=[N-])C(=O)O. The van der Waals surface area contributed by atoms with Crippen LogP contribution in [0.15, 0.2) is 5.11 Å². The molecule has 0 aliphatic rings. The van der Waals surface area contributed by atoms with Gasteiger partial charge in [-0.1, -0.05) is 11.5 Å². The van der Waals surface area contributed by atoms with E-state index in [4.69, 9.17) is 5.53 Å². The number of carbonyl (C=O) groups is 2. The van der Waals surface area contributed by atoms with Crippen molar-refractivity contribution in [3.05, 3.63) is 10.4 Å². The molecule has 8 heteroatoms. The molecule has 0 bridgehead atoms. The van der Waals surface area contributed by atoms with Crippen molar-refractivity contribution in [3.8, 4) is 0 Å². The molecule has 0 aliphatic heterocycles. The first-order valence-electron chi connectivity index (χ1n) is 8.57. The fourth-order valence-electron chi connectivity index (χ4n) is 2.30. The fourth-order valence-corrected chi connectivity index (χ4v) is 2.30. The molecular formula is C16H31N5O3. The van der Waals surface area contributed by atoms with Crippen LogP contribution in [-0.4, -0.2) is 47.2 Å². The quantitative estimate of drug-likeness (QED) is 0.242. The van der Waals surface area contributed by atoms with Gasteiger partial charge < -0.3 is 15.3 Å². The Labute approximate surface area is 144 Å². The van der Waals surface area contributed by atoms with E-state index in [1.807, 2.05) is 20.8 Å². The van der Waals surface area contributed by atoms with Crippen LogP contribution in [0.3, 0.4) is 0 Å². The molecule has 0 saturated carbocycles. The molecule has 0 saturated heterocycles. The molecule has 0 radical (unpaired) electrons. The molecule has 0 atom stereocenters. The Morgan fingerprint density at radius 3 is 2.38 bits per heavy atom. The summed E-state index contributed by atoms with van der Waals surface area (Å²) in [6.45, 7) is 7.27. The van der Waals surface area contributed by atoms with E-state index in [9.17, 15) is 14.7 Å². The van der Waals surface area contributed by atoms with E-state index >= 15 is 0 Å². The predicted octanol–water partition coefficient (Wildman–Crippen LogP) is 3.92. The Bertz CT molecular complexity index is 428. The van der Waals surface area contributed by atoms with Crippen LogP contribution in [0.25, 0.3) is 10.4 Å². The van der Waals surface area contributed by atoms with Gasteiger partial charge in [0, 0.05) is 36.5 Å². The highest BCUT2D eigenvalue weighted by molar-refractivity contribution is 5.75. The van der Waals surface area contributed by atoms with E-state index in [2.05, 4.69) is 15.3 Å². The number of carbonyl (C=O) groups excluding carboxylic acids is 1. The molecular weight excluding hydrogens is 310 g/mol. The highest BCUT2D eigenvalue weighted by atomic mass is 16.4. The zero-order valence-corrected chi connectivity index (χ0v) is 15.1. The lowest BCUT2D eigenvalue weighted by atomic mass is 10.1. The van der Waals surface area contributed by atoms with Crippen LogP contribution >= 0.6 is 0 Å². The smallest absolute Gasteiger partial charge is 0.407 e. The highest BCUT2D eigenvalue weighted by Gasteiger charge is 2.25. The van der Waals surface area contributed by atoms with Crippen molar-refractivity contribution in [2.45, 2.75) is 71.3 Å². The maximum Gasteiger partial charge on any atom is 0.407 e. The lowest BCUT2D eigenvalue weighted by Crippen LogP contribution is -2.45. The Morgan fingerprint density at radius 1 is 1.12 bits per heavy atom. The number of hydrogen-bond acceptors (Lipinski definition) is 3. The number of carboxylic acid groups (broad SMARTS) is 1. The maximum atomic E-state index is 11.6. The number of rotatable bonds is 12. The molecule has 0 aromatic rings. The van der Waals surface area contributed by atoms with Crippen molar-refractivity contribution >= 4 is 12.0 Å². The first-order chi connectivity index (χ1) is 11.3. The topological polar surface area (TPSA) is 118 Å². The molecule has 0 spiro atoms. The van der Waals surface area contributed by atoms with Gasteiger partial charge in [0.2, 0.25) is 5.91 Å². The van der Waals surface area contributed by atoms with Gasteiger partial charge in [0.25, 0.3) is 0 Å². The number of azide groups is 1. The Morgan fingerprint density at radius 2 is 1.79 bits per heavy atom. The van der Waals surface area contributed by atoms with Gasteiger partial charge in [0.15, 0.2) is 0 Å². The Hall–Kier alpha value is -1.95. The van der Waals surface area contributed by atoms with Crippen LogP contribution in [0, 0.1) is 0 Å². The second-order valence-electron chi connectivity index (χ2n) is 6.78. The molecule has 0 aromatic carbocycles. The molecule has 2 amide bonds. The lowest BCUT2D eigenvalue weighted by molar-refractivity contribution is -0.121. The lowest BCUT2D eigenvalue weighted by Gasteiger charge is -2.33. The molecule has 0 unspecified atom stereocenters. The Balaban J connectivity index is 3.63. The minimum absolute atomic E-state index is 0.0423. The van der Waals surface area contributed by atoms with Gasteiger partial charge in [0.1, 0.15) is 0 Å². The first-order valence-corrected chi connectivity index (χ1v) is 8.57. The second kappa shape index (κ2) is 12.5. The van der Waals surface area contributed by atoms with Gasteiger partial charge in [-0.05, 0) is 58.4 Å². The van der Waals surface area contributed by atoms with Crippen molar-refractivity contribution in [3.63, 3.8) is 0 Å². The Kier molecular flexibility index (Phi) is 11.5. The van der Waals surface area contributed by atoms with Crippen LogP contribution in [0.1, 0.15) is 65.7 Å². The van der Waals surface area contributed by atoms with E-state index < -0.39 is 11.6 Å².